The largest absolute Gasteiger partial charge is 0.451 e. The molecule has 1 aromatic heterocycles. The fourth-order valence-corrected chi connectivity index (χ4v) is 3.23. The van der Waals surface area contributed by atoms with Crippen LogP contribution in [0.25, 0.3) is 0 Å². The Hall–Kier alpha value is -1.96. The second-order valence-corrected chi connectivity index (χ2v) is 6.47. The molecule has 1 aromatic rings. The molecule has 8 heteroatoms. The lowest BCUT2D eigenvalue weighted by Gasteiger charge is -2.29. The molecule has 0 radical (unpaired) electrons. The summed E-state index contributed by atoms with van der Waals surface area (Å²) in [4.78, 5) is 33.6. The first-order valence-corrected chi connectivity index (χ1v) is 7.99. The zero-order chi connectivity index (χ0) is 16.1. The summed E-state index contributed by atoms with van der Waals surface area (Å²) in [7, 11) is 0. The van der Waals surface area contributed by atoms with Crippen LogP contribution in [0.5, 0.6) is 0 Å². The van der Waals surface area contributed by atoms with E-state index < -0.39 is 10.9 Å². The summed E-state index contributed by atoms with van der Waals surface area (Å²) in [6.45, 7) is 1.73. The molecule has 1 N–H and O–H groups in total. The minimum Gasteiger partial charge on any atom is -0.451 e. The smallest absolute Gasteiger partial charge is 0.349 e. The van der Waals surface area contributed by atoms with Gasteiger partial charge in [-0.05, 0) is 24.8 Å². The van der Waals surface area contributed by atoms with E-state index in [1.807, 2.05) is 0 Å². The number of thiophene rings is 1. The number of amides is 1. The highest BCUT2D eigenvalue weighted by Gasteiger charge is 2.23. The second kappa shape index (κ2) is 7.35. The third-order valence-electron chi connectivity index (χ3n) is 3.77. The van der Waals surface area contributed by atoms with Crippen molar-refractivity contribution >= 4 is 28.2 Å². The monoisotopic (exact) mass is 326 g/mol. The zero-order valence-corrected chi connectivity index (χ0v) is 13.1. The molecule has 1 amide bonds. The van der Waals surface area contributed by atoms with E-state index >= 15 is 0 Å². The van der Waals surface area contributed by atoms with Crippen LogP contribution in [0.1, 0.15) is 42.3 Å². The van der Waals surface area contributed by atoms with Gasteiger partial charge in [0, 0.05) is 12.1 Å². The van der Waals surface area contributed by atoms with E-state index in [1.165, 1.54) is 18.6 Å². The van der Waals surface area contributed by atoms with E-state index in [1.54, 1.807) is 0 Å². The van der Waals surface area contributed by atoms with Crippen LogP contribution in [-0.2, 0) is 9.53 Å². The Morgan fingerprint density at radius 2 is 2.14 bits per heavy atom. The summed E-state index contributed by atoms with van der Waals surface area (Å²) in [5, 5.41) is 13.3. The normalized spacial score (nSPS) is 21.1. The molecule has 0 unspecified atom stereocenters. The molecule has 1 aliphatic rings. The van der Waals surface area contributed by atoms with Gasteiger partial charge < -0.3 is 10.1 Å². The summed E-state index contributed by atoms with van der Waals surface area (Å²) in [6.07, 6.45) is 4.30. The van der Waals surface area contributed by atoms with Gasteiger partial charge in [-0.3, -0.25) is 14.9 Å². The lowest BCUT2D eigenvalue weighted by Crippen LogP contribution is -2.42. The molecule has 1 saturated carbocycles. The molecule has 2 atom stereocenters. The molecule has 1 heterocycles. The van der Waals surface area contributed by atoms with E-state index in [4.69, 9.17) is 4.74 Å². The molecule has 7 nitrogen and oxygen atoms in total. The van der Waals surface area contributed by atoms with Crippen molar-refractivity contribution < 1.29 is 19.2 Å². The first kappa shape index (κ1) is 16.4. The van der Waals surface area contributed by atoms with Crippen molar-refractivity contribution in [2.75, 3.05) is 6.61 Å². The predicted molar refractivity (Wildman–Crippen MR) is 80.8 cm³/mol. The average Bonchev–Trinajstić information content (AvgIpc) is 2.97. The number of rotatable bonds is 5. The highest BCUT2D eigenvalue weighted by molar-refractivity contribution is 7.17. The first-order chi connectivity index (χ1) is 10.5. The predicted octanol–water partition coefficient (Wildman–Crippen LogP) is 2.51. The van der Waals surface area contributed by atoms with Crippen LogP contribution in [-0.4, -0.2) is 29.4 Å². The maximum atomic E-state index is 11.8. The van der Waals surface area contributed by atoms with Crippen molar-refractivity contribution in [2.45, 2.75) is 38.6 Å². The second-order valence-electron chi connectivity index (χ2n) is 5.41. The number of carbonyl (C=O) groups excluding carboxylic acids is 2. The lowest BCUT2D eigenvalue weighted by molar-refractivity contribution is -0.380. The first-order valence-electron chi connectivity index (χ1n) is 7.18. The van der Waals surface area contributed by atoms with Crippen molar-refractivity contribution in [1.29, 1.82) is 0 Å². The number of ether oxygens (including phenoxy) is 1. The van der Waals surface area contributed by atoms with Gasteiger partial charge in [-0.15, -0.1) is 0 Å². The Bertz CT molecular complexity index is 571. The van der Waals surface area contributed by atoms with Crippen LogP contribution in [0.2, 0.25) is 0 Å². The Balaban J connectivity index is 1.79. The molecule has 1 fully saturated rings. The number of nitro groups is 1. The molecule has 1 aliphatic carbocycles. The third kappa shape index (κ3) is 4.27. The topological polar surface area (TPSA) is 98.5 Å². The van der Waals surface area contributed by atoms with Gasteiger partial charge in [-0.25, -0.2) is 4.79 Å². The van der Waals surface area contributed by atoms with Gasteiger partial charge in [0.2, 0.25) is 0 Å². The number of hydrogen-bond donors (Lipinski definition) is 1. The zero-order valence-electron chi connectivity index (χ0n) is 12.2. The van der Waals surface area contributed by atoms with Crippen molar-refractivity contribution in [3.63, 3.8) is 0 Å². The molecule has 0 aromatic carbocycles. The molecular formula is C14H18N2O5S. The Labute approximate surface area is 131 Å². The van der Waals surface area contributed by atoms with Gasteiger partial charge in [-0.1, -0.05) is 31.1 Å². The van der Waals surface area contributed by atoms with E-state index in [9.17, 15) is 19.7 Å². The van der Waals surface area contributed by atoms with Gasteiger partial charge in [0.15, 0.2) is 6.61 Å². The van der Waals surface area contributed by atoms with Gasteiger partial charge in [0.05, 0.1) is 4.92 Å². The van der Waals surface area contributed by atoms with Crippen LogP contribution in [0.3, 0.4) is 0 Å². The molecule has 0 spiro atoms. The molecular weight excluding hydrogens is 308 g/mol. The number of nitrogens with one attached hydrogen (secondary N) is 1. The third-order valence-corrected chi connectivity index (χ3v) is 4.78. The van der Waals surface area contributed by atoms with Gasteiger partial charge in [-0.2, -0.15) is 0 Å². The van der Waals surface area contributed by atoms with Crippen LogP contribution in [0, 0.1) is 16.0 Å². The fraction of sp³-hybridized carbons (Fsp3) is 0.571. The molecule has 0 saturated heterocycles. The fourth-order valence-electron chi connectivity index (χ4n) is 2.52. The number of carbonyl (C=O) groups is 2. The average molecular weight is 326 g/mol. The van der Waals surface area contributed by atoms with Crippen molar-refractivity contribution in [2.24, 2.45) is 5.92 Å². The summed E-state index contributed by atoms with van der Waals surface area (Å²) in [5.74, 6) is -0.628. The Morgan fingerprint density at radius 1 is 1.41 bits per heavy atom. The minimum absolute atomic E-state index is 0.116. The summed E-state index contributed by atoms with van der Waals surface area (Å²) in [6, 6.07) is 2.69. The van der Waals surface area contributed by atoms with Gasteiger partial charge >= 0.3 is 11.0 Å². The standard InChI is InChI=1S/C14H18N2O5S/c1-9-4-2-3-5-10(9)15-12(17)8-21-14(18)11-6-7-13(22-11)16(19)20/h6-7,9-10H,2-5,8H2,1H3,(H,15,17)/t9-,10-/m1/s1. The number of esters is 1. The van der Waals surface area contributed by atoms with Crippen LogP contribution in [0.15, 0.2) is 12.1 Å². The van der Waals surface area contributed by atoms with Crippen molar-refractivity contribution in [3.05, 3.63) is 27.1 Å². The van der Waals surface area contributed by atoms with Crippen molar-refractivity contribution in [3.8, 4) is 0 Å². The Morgan fingerprint density at radius 3 is 2.77 bits per heavy atom. The maximum absolute atomic E-state index is 11.8. The van der Waals surface area contributed by atoms with Crippen molar-refractivity contribution in [1.82, 2.24) is 5.32 Å². The maximum Gasteiger partial charge on any atom is 0.349 e. The number of hydrogen-bond acceptors (Lipinski definition) is 6. The van der Waals surface area contributed by atoms with E-state index in [0.717, 1.165) is 30.6 Å². The molecule has 22 heavy (non-hydrogen) atoms. The van der Waals surface area contributed by atoms with Crippen LogP contribution < -0.4 is 5.32 Å². The summed E-state index contributed by atoms with van der Waals surface area (Å²) in [5.41, 5.74) is 0. The SMILES string of the molecule is C[C@@H]1CCCC[C@H]1NC(=O)COC(=O)c1ccc([N+](=O)[O-])s1. The highest BCUT2D eigenvalue weighted by Crippen LogP contribution is 2.25. The minimum atomic E-state index is -0.718. The molecule has 0 aliphatic heterocycles. The highest BCUT2D eigenvalue weighted by atomic mass is 32.1. The van der Waals surface area contributed by atoms with E-state index in [2.05, 4.69) is 12.2 Å². The van der Waals surface area contributed by atoms with Crippen LogP contribution in [0.4, 0.5) is 5.00 Å². The summed E-state index contributed by atoms with van der Waals surface area (Å²) >= 11 is 0.731. The molecule has 120 valence electrons. The number of nitrogens with zero attached hydrogens (tertiary/aromatic N) is 1. The Kier molecular flexibility index (Phi) is 5.48. The van der Waals surface area contributed by atoms with E-state index in [-0.39, 0.29) is 28.4 Å². The van der Waals surface area contributed by atoms with Gasteiger partial charge in [0.1, 0.15) is 4.88 Å². The molecule has 2 rings (SSSR count). The summed E-state index contributed by atoms with van der Waals surface area (Å²) < 4.78 is 4.90. The van der Waals surface area contributed by atoms with Gasteiger partial charge in [0.25, 0.3) is 5.91 Å². The quantitative estimate of drug-likeness (QED) is 0.509. The molecule has 0 bridgehead atoms. The van der Waals surface area contributed by atoms with E-state index in [0.29, 0.717) is 5.92 Å². The van der Waals surface area contributed by atoms with Crippen LogP contribution >= 0.6 is 11.3 Å². The lowest BCUT2D eigenvalue weighted by atomic mass is 9.86.